The number of esters is 1. The average Bonchev–Trinajstić information content (AvgIpc) is 2.90. The summed E-state index contributed by atoms with van der Waals surface area (Å²) in [6.45, 7) is 0. The van der Waals surface area contributed by atoms with Gasteiger partial charge in [-0.15, -0.1) is 0 Å². The molecule has 1 aromatic heterocycles. The first kappa shape index (κ1) is 26.7. The van der Waals surface area contributed by atoms with E-state index in [4.69, 9.17) is 9.72 Å². The number of para-hydroxylation sites is 1. The second-order valence-electron chi connectivity index (χ2n) is 8.02. The number of aromatic nitrogens is 2. The van der Waals surface area contributed by atoms with Crippen molar-refractivity contribution in [3.8, 4) is 17.1 Å². The Bertz CT molecular complexity index is 1770. The molecular formula is C28H15Br4N3O3. The number of nitrogens with zero attached hydrogens (tertiary/aromatic N) is 3. The summed E-state index contributed by atoms with van der Waals surface area (Å²) in [7, 11) is 0. The molecule has 38 heavy (non-hydrogen) atoms. The van der Waals surface area contributed by atoms with Gasteiger partial charge in [-0.25, -0.2) is 9.78 Å². The molecule has 1 heterocycles. The third-order valence-electron chi connectivity index (χ3n) is 5.48. The Labute approximate surface area is 250 Å². The number of benzene rings is 4. The van der Waals surface area contributed by atoms with E-state index in [0.29, 0.717) is 37.9 Å². The molecule has 188 valence electrons. The van der Waals surface area contributed by atoms with Crippen LogP contribution in [0.2, 0.25) is 0 Å². The van der Waals surface area contributed by atoms with Crippen LogP contribution in [0.3, 0.4) is 0 Å². The van der Waals surface area contributed by atoms with Crippen molar-refractivity contribution in [3.05, 3.63) is 124 Å². The number of hydrogen-bond donors (Lipinski definition) is 0. The summed E-state index contributed by atoms with van der Waals surface area (Å²) < 4.78 is 10.0. The van der Waals surface area contributed by atoms with Gasteiger partial charge in [-0.1, -0.05) is 72.1 Å². The van der Waals surface area contributed by atoms with E-state index >= 15 is 0 Å². The van der Waals surface area contributed by atoms with Crippen molar-refractivity contribution < 1.29 is 9.53 Å². The van der Waals surface area contributed by atoms with Gasteiger partial charge in [0.2, 0.25) is 0 Å². The largest absolute Gasteiger partial charge is 0.421 e. The van der Waals surface area contributed by atoms with Gasteiger partial charge < -0.3 is 4.74 Å². The quantitative estimate of drug-likeness (QED) is 0.103. The molecule has 0 fully saturated rings. The number of ether oxygens (including phenoxy) is 1. The second kappa shape index (κ2) is 11.4. The zero-order valence-corrected chi connectivity index (χ0v) is 25.6. The van der Waals surface area contributed by atoms with E-state index in [1.807, 2.05) is 30.3 Å². The molecule has 10 heteroatoms. The number of carbonyl (C=O) groups is 1. The van der Waals surface area contributed by atoms with E-state index in [1.54, 1.807) is 54.6 Å². The summed E-state index contributed by atoms with van der Waals surface area (Å²) in [6, 6.07) is 24.9. The number of carbonyl (C=O) groups excluding carboxylic acids is 1. The van der Waals surface area contributed by atoms with Crippen molar-refractivity contribution in [2.24, 2.45) is 5.10 Å². The molecule has 0 unspecified atom stereocenters. The Hall–Kier alpha value is -2.92. The maximum atomic E-state index is 13.5. The highest BCUT2D eigenvalue weighted by Crippen LogP contribution is 2.33. The maximum Gasteiger partial charge on any atom is 0.343 e. The van der Waals surface area contributed by atoms with Gasteiger partial charge in [0.05, 0.1) is 27.2 Å². The van der Waals surface area contributed by atoms with Crippen LogP contribution in [0.5, 0.6) is 5.75 Å². The van der Waals surface area contributed by atoms with Gasteiger partial charge in [0.15, 0.2) is 11.6 Å². The monoisotopic (exact) mass is 757 g/mol. The van der Waals surface area contributed by atoms with Gasteiger partial charge in [0, 0.05) is 24.5 Å². The highest BCUT2D eigenvalue weighted by molar-refractivity contribution is 9.11. The fraction of sp³-hybridized carbons (Fsp3) is 0. The highest BCUT2D eigenvalue weighted by Gasteiger charge is 2.17. The molecular weight excluding hydrogens is 746 g/mol. The van der Waals surface area contributed by atoms with Crippen molar-refractivity contribution in [2.45, 2.75) is 0 Å². The summed E-state index contributed by atoms with van der Waals surface area (Å²) in [5.41, 5.74) is 1.81. The van der Waals surface area contributed by atoms with Crippen LogP contribution in [-0.4, -0.2) is 21.8 Å². The Kier molecular flexibility index (Phi) is 8.04. The van der Waals surface area contributed by atoms with Crippen molar-refractivity contribution in [1.29, 1.82) is 0 Å². The molecule has 0 radical (unpaired) electrons. The van der Waals surface area contributed by atoms with Crippen molar-refractivity contribution in [3.63, 3.8) is 0 Å². The molecule has 6 nitrogen and oxygen atoms in total. The van der Waals surface area contributed by atoms with Crippen LogP contribution in [0.25, 0.3) is 22.3 Å². The van der Waals surface area contributed by atoms with E-state index < -0.39 is 5.97 Å². The molecule has 0 aliphatic heterocycles. The summed E-state index contributed by atoms with van der Waals surface area (Å²) in [6.07, 6.45) is 1.47. The second-order valence-corrected chi connectivity index (χ2v) is 11.6. The van der Waals surface area contributed by atoms with Gasteiger partial charge in [0.1, 0.15) is 0 Å². The lowest BCUT2D eigenvalue weighted by Gasteiger charge is -2.12. The molecule has 0 bridgehead atoms. The van der Waals surface area contributed by atoms with Crippen LogP contribution in [0.1, 0.15) is 15.9 Å². The van der Waals surface area contributed by atoms with E-state index in [-0.39, 0.29) is 11.3 Å². The molecule has 0 N–H and O–H groups in total. The Morgan fingerprint density at radius 3 is 2.21 bits per heavy atom. The van der Waals surface area contributed by atoms with Gasteiger partial charge in [-0.3, -0.25) is 4.79 Å². The normalized spacial score (nSPS) is 11.3. The van der Waals surface area contributed by atoms with Crippen LogP contribution in [0, 0.1) is 0 Å². The third-order valence-corrected chi connectivity index (χ3v) is 7.58. The van der Waals surface area contributed by atoms with Gasteiger partial charge in [0.25, 0.3) is 5.56 Å². The minimum absolute atomic E-state index is 0.261. The van der Waals surface area contributed by atoms with Gasteiger partial charge >= 0.3 is 5.97 Å². The summed E-state index contributed by atoms with van der Waals surface area (Å²) in [4.78, 5) is 31.1. The molecule has 0 saturated heterocycles. The molecule has 0 atom stereocenters. The fourth-order valence-electron chi connectivity index (χ4n) is 3.66. The fourth-order valence-corrected chi connectivity index (χ4v) is 5.53. The van der Waals surface area contributed by atoms with E-state index in [2.05, 4.69) is 68.8 Å². The average molecular weight is 761 g/mol. The molecule has 0 spiro atoms. The van der Waals surface area contributed by atoms with Crippen molar-refractivity contribution in [1.82, 2.24) is 9.66 Å². The Balaban J connectivity index is 1.62. The molecule has 5 rings (SSSR count). The molecule has 4 aromatic carbocycles. The molecule has 0 saturated carbocycles. The number of fused-ring (bicyclic) bond motifs is 1. The minimum atomic E-state index is -0.532. The van der Waals surface area contributed by atoms with Crippen LogP contribution in [-0.2, 0) is 0 Å². The number of halogens is 4. The lowest BCUT2D eigenvalue weighted by Crippen LogP contribution is -2.20. The lowest BCUT2D eigenvalue weighted by atomic mass is 10.2. The molecule has 0 amide bonds. The standard InChI is InChI=1S/C28H15Br4N3O3/c29-19-9-5-16(6-10-19)26-34-24-4-2-1-3-22(24)27(36)35(26)33-15-18-13-21(31)14-23(32)25(18)38-28(37)17-7-11-20(30)12-8-17/h1-15H. The topological polar surface area (TPSA) is 73.5 Å². The first-order valence-electron chi connectivity index (χ1n) is 11.1. The summed E-state index contributed by atoms with van der Waals surface area (Å²) in [5.74, 6) is 0.104. The number of hydrogen-bond acceptors (Lipinski definition) is 5. The van der Waals surface area contributed by atoms with Gasteiger partial charge in [-0.05, 0) is 76.6 Å². The molecule has 5 aromatic rings. The Morgan fingerprint density at radius 1 is 0.842 bits per heavy atom. The zero-order chi connectivity index (χ0) is 26.8. The van der Waals surface area contributed by atoms with Crippen molar-refractivity contribution >= 4 is 86.8 Å². The predicted molar refractivity (Wildman–Crippen MR) is 163 cm³/mol. The van der Waals surface area contributed by atoms with E-state index in [0.717, 1.165) is 13.4 Å². The maximum absolute atomic E-state index is 13.5. The first-order chi connectivity index (χ1) is 18.3. The van der Waals surface area contributed by atoms with E-state index in [9.17, 15) is 9.59 Å². The lowest BCUT2D eigenvalue weighted by molar-refractivity contribution is 0.0733. The zero-order valence-electron chi connectivity index (χ0n) is 19.2. The van der Waals surface area contributed by atoms with E-state index in [1.165, 1.54) is 10.9 Å². The Morgan fingerprint density at radius 2 is 1.50 bits per heavy atom. The summed E-state index contributed by atoms with van der Waals surface area (Å²) in [5, 5.41) is 4.96. The highest BCUT2D eigenvalue weighted by atomic mass is 79.9. The first-order valence-corrected chi connectivity index (χ1v) is 14.3. The van der Waals surface area contributed by atoms with Crippen LogP contribution >= 0.6 is 63.7 Å². The minimum Gasteiger partial charge on any atom is -0.421 e. The SMILES string of the molecule is O=C(Oc1c(Br)cc(Br)cc1C=Nn1c(-c2ccc(Br)cc2)nc2ccccc2c1=O)c1ccc(Br)cc1. The van der Waals surface area contributed by atoms with Gasteiger partial charge in [-0.2, -0.15) is 9.78 Å². The molecule has 0 aliphatic carbocycles. The molecule has 0 aliphatic rings. The van der Waals surface area contributed by atoms with Crippen LogP contribution in [0.15, 0.2) is 113 Å². The summed E-state index contributed by atoms with van der Waals surface area (Å²) >= 11 is 13.8. The number of rotatable bonds is 5. The van der Waals surface area contributed by atoms with Crippen LogP contribution in [0.4, 0.5) is 0 Å². The predicted octanol–water partition coefficient (Wildman–Crippen LogP) is 8.21. The smallest absolute Gasteiger partial charge is 0.343 e. The third kappa shape index (κ3) is 5.73. The van der Waals surface area contributed by atoms with Crippen LogP contribution < -0.4 is 10.3 Å². The van der Waals surface area contributed by atoms with Crippen molar-refractivity contribution in [2.75, 3.05) is 0 Å².